The van der Waals surface area contributed by atoms with Crippen molar-refractivity contribution in [2.45, 2.75) is 84.1 Å². The minimum absolute atomic E-state index is 0.0448. The lowest BCUT2D eigenvalue weighted by Crippen LogP contribution is -2.44. The molecule has 244 valence electrons. The maximum absolute atomic E-state index is 13.5. The Morgan fingerprint density at radius 2 is 1.73 bits per heavy atom. The van der Waals surface area contributed by atoms with Crippen LogP contribution in [0.3, 0.4) is 0 Å². The third-order valence-corrected chi connectivity index (χ3v) is 8.99. The molecule has 0 bridgehead atoms. The van der Waals surface area contributed by atoms with Crippen molar-refractivity contribution >= 4 is 33.7 Å². The van der Waals surface area contributed by atoms with Crippen molar-refractivity contribution in [2.75, 3.05) is 24.4 Å². The number of hydrogen-bond acceptors (Lipinski definition) is 8. The van der Waals surface area contributed by atoms with E-state index >= 15 is 0 Å². The summed E-state index contributed by atoms with van der Waals surface area (Å²) in [6, 6.07) is 14.0. The topological polar surface area (TPSA) is 125 Å². The summed E-state index contributed by atoms with van der Waals surface area (Å²) in [6.45, 7) is 14.8. The van der Waals surface area contributed by atoms with E-state index in [4.69, 9.17) is 16.3 Å². The lowest BCUT2D eigenvalue weighted by molar-refractivity contribution is 0.0171. The van der Waals surface area contributed by atoms with Crippen LogP contribution in [0.1, 0.15) is 57.7 Å². The third kappa shape index (κ3) is 9.38. The molecule has 1 amide bonds. The number of rotatable bonds is 8. The average molecular weight is 658 g/mol. The molecule has 0 radical (unpaired) electrons. The summed E-state index contributed by atoms with van der Waals surface area (Å²) in [5.74, 6) is 0.204. The molecule has 0 unspecified atom stereocenters. The second-order valence-corrected chi connectivity index (χ2v) is 15.2. The summed E-state index contributed by atoms with van der Waals surface area (Å²) in [5, 5.41) is 11.0. The summed E-state index contributed by atoms with van der Waals surface area (Å²) >= 11 is 6.30. The fourth-order valence-electron chi connectivity index (χ4n) is 5.65. The highest BCUT2D eigenvalue weighted by molar-refractivity contribution is 7.92. The van der Waals surface area contributed by atoms with Gasteiger partial charge in [-0.05, 0) is 75.8 Å². The Bertz CT molecular complexity index is 1610. The molecule has 0 aliphatic carbocycles. The molecule has 2 atom stereocenters. The summed E-state index contributed by atoms with van der Waals surface area (Å²) in [5.41, 5.74) is 3.44. The van der Waals surface area contributed by atoms with E-state index < -0.39 is 27.8 Å². The molecule has 1 saturated heterocycles. The fourth-order valence-corrected chi connectivity index (χ4v) is 6.84. The number of nitrogens with zero attached hydrogens (tertiary/aromatic N) is 4. The quantitative estimate of drug-likeness (QED) is 0.281. The third-order valence-electron chi connectivity index (χ3n) is 7.47. The Labute approximate surface area is 271 Å². The molecule has 10 nitrogen and oxygen atoms in total. The first-order valence-electron chi connectivity index (χ1n) is 15.1. The highest BCUT2D eigenvalue weighted by Crippen LogP contribution is 2.29. The number of sulfonamides is 1. The molecule has 2 heterocycles. The van der Waals surface area contributed by atoms with E-state index in [1.165, 1.54) is 6.07 Å². The number of carbonyl (C=O) groups excluding carboxylic acids is 1. The molecule has 2 aromatic carbocycles. The highest BCUT2D eigenvalue weighted by atomic mass is 35.5. The first-order valence-corrected chi connectivity index (χ1v) is 17.0. The minimum atomic E-state index is -4.07. The SMILES string of the molecule is Cc1cccc(C)c1-c1cc(Cl)nc(NS(=O)(=O)c2cccc(CN3C[C@H](O)CN(C(=O)OC(C)(C)C)C[C@@H]3CC(C)C)c2)n1. The predicted molar refractivity (Wildman–Crippen MR) is 177 cm³/mol. The van der Waals surface area contributed by atoms with Crippen LogP contribution in [0.25, 0.3) is 11.3 Å². The monoisotopic (exact) mass is 657 g/mol. The van der Waals surface area contributed by atoms with Gasteiger partial charge in [-0.3, -0.25) is 4.90 Å². The number of aliphatic hydroxyl groups is 1. The molecule has 12 heteroatoms. The highest BCUT2D eigenvalue weighted by Gasteiger charge is 2.34. The van der Waals surface area contributed by atoms with Crippen LogP contribution < -0.4 is 4.72 Å². The van der Waals surface area contributed by atoms with Crippen LogP contribution in [0.4, 0.5) is 10.7 Å². The number of nitrogens with one attached hydrogen (secondary N) is 1. The van der Waals surface area contributed by atoms with Gasteiger partial charge in [0.25, 0.3) is 10.0 Å². The van der Waals surface area contributed by atoms with Crippen LogP contribution in [0.2, 0.25) is 5.15 Å². The zero-order valence-corrected chi connectivity index (χ0v) is 28.6. The van der Waals surface area contributed by atoms with Gasteiger partial charge in [-0.2, -0.15) is 0 Å². The lowest BCUT2D eigenvalue weighted by atomic mass is 10.00. The van der Waals surface area contributed by atoms with Crippen LogP contribution in [-0.2, 0) is 21.3 Å². The Kier molecular flexibility index (Phi) is 10.8. The molecule has 0 spiro atoms. The van der Waals surface area contributed by atoms with Gasteiger partial charge in [0.05, 0.1) is 23.2 Å². The first-order chi connectivity index (χ1) is 21.0. The number of anilines is 1. The smallest absolute Gasteiger partial charge is 0.410 e. The largest absolute Gasteiger partial charge is 0.444 e. The van der Waals surface area contributed by atoms with Crippen LogP contribution in [0, 0.1) is 19.8 Å². The molecule has 3 aromatic rings. The molecular weight excluding hydrogens is 614 g/mol. The Morgan fingerprint density at radius 1 is 1.07 bits per heavy atom. The lowest BCUT2D eigenvalue weighted by Gasteiger charge is -2.33. The predicted octanol–water partition coefficient (Wildman–Crippen LogP) is 6.04. The first kappa shape index (κ1) is 34.6. The summed E-state index contributed by atoms with van der Waals surface area (Å²) < 4.78 is 35.2. The maximum Gasteiger partial charge on any atom is 0.410 e. The average Bonchev–Trinajstić information content (AvgIpc) is 3.05. The summed E-state index contributed by atoms with van der Waals surface area (Å²) in [4.78, 5) is 25.3. The number of ether oxygens (including phenoxy) is 1. The van der Waals surface area contributed by atoms with E-state index in [-0.39, 0.29) is 28.6 Å². The van der Waals surface area contributed by atoms with Crippen molar-refractivity contribution in [3.63, 3.8) is 0 Å². The van der Waals surface area contributed by atoms with Crippen LogP contribution in [0.15, 0.2) is 53.4 Å². The van der Waals surface area contributed by atoms with Gasteiger partial charge < -0.3 is 14.7 Å². The number of halogens is 1. The van der Waals surface area contributed by atoms with Gasteiger partial charge in [-0.15, -0.1) is 0 Å². The number of carbonyl (C=O) groups is 1. The van der Waals surface area contributed by atoms with Crippen molar-refractivity contribution in [1.82, 2.24) is 19.8 Å². The number of aliphatic hydroxyl groups excluding tert-OH is 1. The van der Waals surface area contributed by atoms with Crippen molar-refractivity contribution < 1.29 is 23.1 Å². The van der Waals surface area contributed by atoms with E-state index in [2.05, 4.69) is 33.4 Å². The van der Waals surface area contributed by atoms with E-state index in [1.807, 2.05) is 58.9 Å². The van der Waals surface area contributed by atoms with Crippen molar-refractivity contribution in [1.29, 1.82) is 0 Å². The van der Waals surface area contributed by atoms with E-state index in [1.54, 1.807) is 23.1 Å². The number of benzene rings is 2. The van der Waals surface area contributed by atoms with Crippen LogP contribution in [0.5, 0.6) is 0 Å². The normalized spacial score (nSPS) is 18.1. The van der Waals surface area contributed by atoms with Gasteiger partial charge in [-0.1, -0.05) is 55.8 Å². The van der Waals surface area contributed by atoms with Gasteiger partial charge in [0.1, 0.15) is 10.8 Å². The number of amides is 1. The van der Waals surface area contributed by atoms with E-state index in [9.17, 15) is 18.3 Å². The Morgan fingerprint density at radius 3 is 2.38 bits per heavy atom. The zero-order valence-electron chi connectivity index (χ0n) is 27.0. The number of hydrogen-bond donors (Lipinski definition) is 2. The van der Waals surface area contributed by atoms with Gasteiger partial charge in [0, 0.05) is 37.3 Å². The number of aryl methyl sites for hydroxylation is 2. The molecular formula is C33H44ClN5O5S. The molecule has 1 aliphatic rings. The van der Waals surface area contributed by atoms with Crippen molar-refractivity contribution in [3.05, 3.63) is 70.4 Å². The van der Waals surface area contributed by atoms with Gasteiger partial charge in [-0.25, -0.2) is 27.9 Å². The fraction of sp³-hybridized carbons (Fsp3) is 0.485. The second kappa shape index (κ2) is 14.0. The van der Waals surface area contributed by atoms with Crippen molar-refractivity contribution in [2.24, 2.45) is 5.92 Å². The van der Waals surface area contributed by atoms with Crippen molar-refractivity contribution in [3.8, 4) is 11.3 Å². The van der Waals surface area contributed by atoms with Gasteiger partial charge in [0.2, 0.25) is 5.95 Å². The standard InChI is InChI=1S/C33H44ClN5O5S/c1-21(2)14-25-18-39(32(41)44-33(5,6)7)20-26(40)19-38(25)17-24-12-9-13-27(15-24)45(42,43)37-31-35-28(16-29(34)36-31)30-22(3)10-8-11-23(30)4/h8-13,15-16,21,25-26,40H,14,17-20H2,1-7H3,(H,35,36,37)/t25-,26-/m0/s1. The Hall–Kier alpha value is -3.25. The molecule has 4 rings (SSSR count). The second-order valence-electron chi connectivity index (χ2n) is 13.2. The number of aromatic nitrogens is 2. The van der Waals surface area contributed by atoms with Crippen LogP contribution >= 0.6 is 11.6 Å². The molecule has 1 fully saturated rings. The van der Waals surface area contributed by atoms with E-state index in [0.717, 1.165) is 28.7 Å². The Balaban J connectivity index is 1.57. The zero-order chi connectivity index (χ0) is 33.1. The molecule has 2 N–H and O–H groups in total. The van der Waals surface area contributed by atoms with Gasteiger partial charge in [0.15, 0.2) is 0 Å². The van der Waals surface area contributed by atoms with Crippen LogP contribution in [-0.4, -0.2) is 76.8 Å². The number of β-amino-alcohol motifs (C(OH)–C–C–N with tert-alkyl or cyclic N) is 1. The summed E-state index contributed by atoms with van der Waals surface area (Å²) in [7, 11) is -4.07. The summed E-state index contributed by atoms with van der Waals surface area (Å²) in [6.07, 6.45) is -0.477. The molecule has 45 heavy (non-hydrogen) atoms. The van der Waals surface area contributed by atoms with Gasteiger partial charge >= 0.3 is 6.09 Å². The molecule has 1 aliphatic heterocycles. The molecule has 0 saturated carbocycles. The minimum Gasteiger partial charge on any atom is -0.444 e. The maximum atomic E-state index is 13.5. The van der Waals surface area contributed by atoms with E-state index in [0.29, 0.717) is 31.2 Å². The molecule has 1 aromatic heterocycles.